The second-order valence-corrected chi connectivity index (χ2v) is 3.60. The first kappa shape index (κ1) is 13.3. The summed E-state index contributed by atoms with van der Waals surface area (Å²) in [5.41, 5.74) is 0.670. The number of aliphatic hydroxyl groups is 1. The second kappa shape index (κ2) is 6.70. The molecule has 1 aromatic carbocycles. The SMILES string of the molecule is C=CCNC(=O)COc1ccccc1[C@@H](C)O. The Morgan fingerprint density at radius 3 is 2.94 bits per heavy atom. The van der Waals surface area contributed by atoms with Crippen molar-refractivity contribution in [2.45, 2.75) is 13.0 Å². The number of hydrogen-bond donors (Lipinski definition) is 2. The molecular formula is C13H17NO3. The van der Waals surface area contributed by atoms with E-state index in [1.54, 1.807) is 31.2 Å². The zero-order valence-corrected chi connectivity index (χ0v) is 9.85. The summed E-state index contributed by atoms with van der Waals surface area (Å²) < 4.78 is 5.35. The van der Waals surface area contributed by atoms with Gasteiger partial charge in [0.25, 0.3) is 5.91 Å². The van der Waals surface area contributed by atoms with Gasteiger partial charge in [0.05, 0.1) is 6.10 Å². The molecule has 4 nitrogen and oxygen atoms in total. The highest BCUT2D eigenvalue weighted by atomic mass is 16.5. The number of rotatable bonds is 6. The molecular weight excluding hydrogens is 218 g/mol. The summed E-state index contributed by atoms with van der Waals surface area (Å²) in [6, 6.07) is 7.10. The van der Waals surface area contributed by atoms with Crippen LogP contribution in [0.2, 0.25) is 0 Å². The van der Waals surface area contributed by atoms with Crippen LogP contribution in [0.15, 0.2) is 36.9 Å². The molecule has 0 heterocycles. The minimum Gasteiger partial charge on any atom is -0.483 e. The largest absolute Gasteiger partial charge is 0.483 e. The number of para-hydroxylation sites is 1. The molecule has 2 N–H and O–H groups in total. The molecule has 0 aliphatic carbocycles. The number of carbonyl (C=O) groups excluding carboxylic acids is 1. The summed E-state index contributed by atoms with van der Waals surface area (Å²) in [7, 11) is 0. The average molecular weight is 235 g/mol. The molecule has 92 valence electrons. The smallest absolute Gasteiger partial charge is 0.258 e. The Labute approximate surface area is 101 Å². The number of nitrogens with one attached hydrogen (secondary N) is 1. The van der Waals surface area contributed by atoms with Crippen molar-refractivity contribution >= 4 is 5.91 Å². The van der Waals surface area contributed by atoms with Gasteiger partial charge in [-0.1, -0.05) is 24.3 Å². The summed E-state index contributed by atoms with van der Waals surface area (Å²) in [5.74, 6) is 0.307. The molecule has 17 heavy (non-hydrogen) atoms. The van der Waals surface area contributed by atoms with Crippen LogP contribution in [0.4, 0.5) is 0 Å². The molecule has 0 saturated heterocycles. The number of carbonyl (C=O) groups is 1. The van der Waals surface area contributed by atoms with Crippen molar-refractivity contribution in [1.29, 1.82) is 0 Å². The Morgan fingerprint density at radius 1 is 1.59 bits per heavy atom. The number of aliphatic hydroxyl groups excluding tert-OH is 1. The third-order valence-corrected chi connectivity index (χ3v) is 2.17. The number of ether oxygens (including phenoxy) is 1. The minimum absolute atomic E-state index is 0.0719. The molecule has 0 aliphatic heterocycles. The lowest BCUT2D eigenvalue weighted by Crippen LogP contribution is -2.29. The summed E-state index contributed by atoms with van der Waals surface area (Å²) >= 11 is 0. The highest BCUT2D eigenvalue weighted by Gasteiger charge is 2.09. The fourth-order valence-electron chi connectivity index (χ4n) is 1.34. The first-order valence-electron chi connectivity index (χ1n) is 5.42. The normalized spacial score (nSPS) is 11.6. The summed E-state index contributed by atoms with van der Waals surface area (Å²) in [5, 5.41) is 12.1. The number of hydrogen-bond acceptors (Lipinski definition) is 3. The van der Waals surface area contributed by atoms with Gasteiger partial charge in [-0.3, -0.25) is 4.79 Å². The van der Waals surface area contributed by atoms with E-state index in [1.165, 1.54) is 0 Å². The zero-order chi connectivity index (χ0) is 12.7. The monoisotopic (exact) mass is 235 g/mol. The topological polar surface area (TPSA) is 58.6 Å². The first-order valence-corrected chi connectivity index (χ1v) is 5.42. The van der Waals surface area contributed by atoms with Gasteiger partial charge in [0, 0.05) is 12.1 Å². The van der Waals surface area contributed by atoms with E-state index in [2.05, 4.69) is 11.9 Å². The van der Waals surface area contributed by atoms with Crippen molar-refractivity contribution in [3.05, 3.63) is 42.5 Å². The molecule has 0 unspecified atom stereocenters. The highest BCUT2D eigenvalue weighted by molar-refractivity contribution is 5.77. The van der Waals surface area contributed by atoms with E-state index in [9.17, 15) is 9.90 Å². The minimum atomic E-state index is -0.623. The van der Waals surface area contributed by atoms with Crippen molar-refractivity contribution in [3.8, 4) is 5.75 Å². The van der Waals surface area contributed by atoms with Crippen LogP contribution in [0.1, 0.15) is 18.6 Å². The molecule has 0 aromatic heterocycles. The van der Waals surface area contributed by atoms with Crippen LogP contribution in [-0.4, -0.2) is 24.2 Å². The lowest BCUT2D eigenvalue weighted by molar-refractivity contribution is -0.122. The molecule has 4 heteroatoms. The third kappa shape index (κ3) is 4.28. The Balaban J connectivity index is 2.56. The molecule has 1 aromatic rings. The molecule has 1 rings (SSSR count). The van der Waals surface area contributed by atoms with Crippen molar-refractivity contribution in [1.82, 2.24) is 5.32 Å². The van der Waals surface area contributed by atoms with Crippen LogP contribution in [0.5, 0.6) is 5.75 Å². The number of amides is 1. The average Bonchev–Trinajstić information content (AvgIpc) is 2.34. The fraction of sp³-hybridized carbons (Fsp3) is 0.308. The van der Waals surface area contributed by atoms with E-state index in [-0.39, 0.29) is 12.5 Å². The second-order valence-electron chi connectivity index (χ2n) is 3.60. The van der Waals surface area contributed by atoms with E-state index in [4.69, 9.17) is 4.74 Å². The van der Waals surface area contributed by atoms with E-state index >= 15 is 0 Å². The maximum Gasteiger partial charge on any atom is 0.258 e. The van der Waals surface area contributed by atoms with Gasteiger partial charge in [-0.25, -0.2) is 0 Å². The van der Waals surface area contributed by atoms with Crippen LogP contribution in [-0.2, 0) is 4.79 Å². The van der Waals surface area contributed by atoms with E-state index < -0.39 is 6.10 Å². The highest BCUT2D eigenvalue weighted by Crippen LogP contribution is 2.24. The van der Waals surface area contributed by atoms with E-state index in [0.29, 0.717) is 17.9 Å². The third-order valence-electron chi connectivity index (χ3n) is 2.17. The summed E-state index contributed by atoms with van der Waals surface area (Å²) in [4.78, 5) is 11.3. The zero-order valence-electron chi connectivity index (χ0n) is 9.85. The van der Waals surface area contributed by atoms with E-state index in [1.807, 2.05) is 6.07 Å². The molecule has 0 aliphatic rings. The molecule has 0 bridgehead atoms. The van der Waals surface area contributed by atoms with Crippen LogP contribution in [0, 0.1) is 0 Å². The Bertz CT molecular complexity index is 388. The van der Waals surface area contributed by atoms with Gasteiger partial charge >= 0.3 is 0 Å². The van der Waals surface area contributed by atoms with Crippen LogP contribution in [0.3, 0.4) is 0 Å². The van der Waals surface area contributed by atoms with Crippen molar-refractivity contribution < 1.29 is 14.6 Å². The van der Waals surface area contributed by atoms with Crippen LogP contribution >= 0.6 is 0 Å². The van der Waals surface area contributed by atoms with Crippen LogP contribution < -0.4 is 10.1 Å². The molecule has 1 atom stereocenters. The van der Waals surface area contributed by atoms with Gasteiger partial charge < -0.3 is 15.2 Å². The van der Waals surface area contributed by atoms with Gasteiger partial charge in [-0.05, 0) is 13.0 Å². The lowest BCUT2D eigenvalue weighted by Gasteiger charge is -2.12. The van der Waals surface area contributed by atoms with Crippen molar-refractivity contribution in [2.75, 3.05) is 13.2 Å². The van der Waals surface area contributed by atoms with Crippen molar-refractivity contribution in [2.24, 2.45) is 0 Å². The van der Waals surface area contributed by atoms with Gasteiger partial charge in [0.1, 0.15) is 5.75 Å². The van der Waals surface area contributed by atoms with Gasteiger partial charge in [0.15, 0.2) is 6.61 Å². The fourth-order valence-corrected chi connectivity index (χ4v) is 1.34. The number of benzene rings is 1. The van der Waals surface area contributed by atoms with Gasteiger partial charge in [-0.15, -0.1) is 6.58 Å². The predicted octanol–water partition coefficient (Wildman–Crippen LogP) is 1.42. The maximum atomic E-state index is 11.3. The Kier molecular flexibility index (Phi) is 5.23. The van der Waals surface area contributed by atoms with Crippen molar-refractivity contribution in [3.63, 3.8) is 0 Å². The summed E-state index contributed by atoms with van der Waals surface area (Å²) in [6.45, 7) is 5.50. The van der Waals surface area contributed by atoms with Crippen LogP contribution in [0.25, 0.3) is 0 Å². The molecule has 0 radical (unpaired) electrons. The first-order chi connectivity index (χ1) is 8.15. The van der Waals surface area contributed by atoms with E-state index in [0.717, 1.165) is 0 Å². The molecule has 1 amide bonds. The molecule has 0 spiro atoms. The lowest BCUT2D eigenvalue weighted by atomic mass is 10.1. The summed E-state index contributed by atoms with van der Waals surface area (Å²) in [6.07, 6.45) is 0.976. The Hall–Kier alpha value is -1.81. The quantitative estimate of drug-likeness (QED) is 0.733. The van der Waals surface area contributed by atoms with Gasteiger partial charge in [-0.2, -0.15) is 0 Å². The predicted molar refractivity (Wildman–Crippen MR) is 65.8 cm³/mol. The standard InChI is InChI=1S/C13H17NO3/c1-3-8-14-13(16)9-17-12-7-5-4-6-11(12)10(2)15/h3-7,10,15H,1,8-9H2,2H3,(H,14,16)/t10-/m1/s1. The van der Waals surface area contributed by atoms with Gasteiger partial charge in [0.2, 0.25) is 0 Å². The molecule has 0 saturated carbocycles. The Morgan fingerprint density at radius 2 is 2.29 bits per heavy atom. The molecule has 0 fully saturated rings. The maximum absolute atomic E-state index is 11.3.